The topological polar surface area (TPSA) is 72.2 Å². The molecule has 0 aromatic carbocycles. The first-order chi connectivity index (χ1) is 9.65. The number of aromatic nitrogens is 2. The van der Waals surface area contributed by atoms with Crippen LogP contribution in [0.15, 0.2) is 23.7 Å². The first kappa shape index (κ1) is 13.3. The van der Waals surface area contributed by atoms with E-state index in [1.165, 1.54) is 6.20 Å². The van der Waals surface area contributed by atoms with Crippen molar-refractivity contribution in [1.29, 1.82) is 0 Å². The standard InChI is InChI=1S/C12H11ClN4O2S/c13-12-14-6-10(17(18)19)11(15-12)16(8-3-4-8)7-9-2-1-5-20-9/h1-2,5-6,8H,3-4,7H2. The van der Waals surface area contributed by atoms with E-state index in [2.05, 4.69) is 9.97 Å². The summed E-state index contributed by atoms with van der Waals surface area (Å²) in [6.07, 6.45) is 3.21. The summed E-state index contributed by atoms with van der Waals surface area (Å²) in [5.74, 6) is 0.311. The van der Waals surface area contributed by atoms with E-state index in [1.54, 1.807) is 11.3 Å². The Bertz CT molecular complexity index is 630. The van der Waals surface area contributed by atoms with Crippen LogP contribution in [0.5, 0.6) is 0 Å². The molecule has 2 aromatic heterocycles. The van der Waals surface area contributed by atoms with E-state index in [1.807, 2.05) is 22.4 Å². The number of nitrogens with zero attached hydrogens (tertiary/aromatic N) is 4. The van der Waals surface area contributed by atoms with Crippen LogP contribution in [0.3, 0.4) is 0 Å². The molecule has 1 saturated carbocycles. The molecule has 20 heavy (non-hydrogen) atoms. The van der Waals surface area contributed by atoms with E-state index in [0.29, 0.717) is 18.4 Å². The molecule has 8 heteroatoms. The van der Waals surface area contributed by atoms with E-state index < -0.39 is 4.92 Å². The molecule has 0 N–H and O–H groups in total. The highest BCUT2D eigenvalue weighted by Crippen LogP contribution is 2.37. The zero-order chi connectivity index (χ0) is 14.1. The van der Waals surface area contributed by atoms with Crippen molar-refractivity contribution < 1.29 is 4.92 Å². The minimum atomic E-state index is -0.463. The van der Waals surface area contributed by atoms with Crippen LogP contribution in [0.4, 0.5) is 11.5 Å². The zero-order valence-electron chi connectivity index (χ0n) is 10.4. The van der Waals surface area contributed by atoms with Crippen LogP contribution in [0.2, 0.25) is 5.28 Å². The summed E-state index contributed by atoms with van der Waals surface area (Å²) in [6, 6.07) is 4.27. The molecule has 0 unspecified atom stereocenters. The Kier molecular flexibility index (Phi) is 3.54. The fourth-order valence-corrected chi connectivity index (χ4v) is 2.85. The SMILES string of the molecule is O=[N+]([O-])c1cnc(Cl)nc1N(Cc1cccs1)C1CC1. The number of thiophene rings is 1. The van der Waals surface area contributed by atoms with E-state index >= 15 is 0 Å². The molecule has 104 valence electrons. The summed E-state index contributed by atoms with van der Waals surface area (Å²) in [6.45, 7) is 0.608. The van der Waals surface area contributed by atoms with E-state index in [4.69, 9.17) is 11.6 Å². The molecule has 6 nitrogen and oxygen atoms in total. The molecular formula is C12H11ClN4O2S. The highest BCUT2D eigenvalue weighted by molar-refractivity contribution is 7.09. The predicted octanol–water partition coefficient (Wildman–Crippen LogP) is 3.27. The molecule has 1 aliphatic rings. The highest BCUT2D eigenvalue weighted by atomic mass is 35.5. The van der Waals surface area contributed by atoms with Gasteiger partial charge < -0.3 is 4.90 Å². The first-order valence-corrected chi connectivity index (χ1v) is 7.37. The molecule has 0 saturated heterocycles. The average molecular weight is 311 g/mol. The molecule has 1 aliphatic carbocycles. The van der Waals surface area contributed by atoms with Crippen LogP contribution in [-0.4, -0.2) is 20.9 Å². The maximum Gasteiger partial charge on any atom is 0.329 e. The molecule has 1 fully saturated rings. The quantitative estimate of drug-likeness (QED) is 0.481. The molecule has 0 aliphatic heterocycles. The Labute approximate surface area is 124 Å². The van der Waals surface area contributed by atoms with Crippen LogP contribution in [0, 0.1) is 10.1 Å². The van der Waals surface area contributed by atoms with Crippen molar-refractivity contribution >= 4 is 34.4 Å². The number of hydrogen-bond donors (Lipinski definition) is 0. The van der Waals surface area contributed by atoms with Gasteiger partial charge in [-0.15, -0.1) is 11.3 Å². The minimum Gasteiger partial charge on any atom is -0.343 e. The van der Waals surface area contributed by atoms with Crippen molar-refractivity contribution in [2.45, 2.75) is 25.4 Å². The van der Waals surface area contributed by atoms with Crippen LogP contribution >= 0.6 is 22.9 Å². The van der Waals surface area contributed by atoms with Gasteiger partial charge in [0.25, 0.3) is 0 Å². The van der Waals surface area contributed by atoms with E-state index in [-0.39, 0.29) is 11.0 Å². The third kappa shape index (κ3) is 2.73. The lowest BCUT2D eigenvalue weighted by Gasteiger charge is -2.22. The maximum absolute atomic E-state index is 11.1. The summed E-state index contributed by atoms with van der Waals surface area (Å²) in [5, 5.41) is 13.2. The molecular weight excluding hydrogens is 300 g/mol. The van der Waals surface area contributed by atoms with Crippen molar-refractivity contribution in [1.82, 2.24) is 9.97 Å². The Hall–Kier alpha value is -1.73. The Morgan fingerprint density at radius 3 is 2.95 bits per heavy atom. The van der Waals surface area contributed by atoms with Gasteiger partial charge in [-0.1, -0.05) is 6.07 Å². The first-order valence-electron chi connectivity index (χ1n) is 6.11. The molecule has 2 heterocycles. The summed E-state index contributed by atoms with van der Waals surface area (Å²) >= 11 is 7.43. The molecule has 0 radical (unpaired) electrons. The van der Waals surface area contributed by atoms with Crippen LogP contribution < -0.4 is 4.90 Å². The van der Waals surface area contributed by atoms with Gasteiger partial charge in [-0.05, 0) is 35.9 Å². The fraction of sp³-hybridized carbons (Fsp3) is 0.333. The summed E-state index contributed by atoms with van der Waals surface area (Å²) < 4.78 is 0. The van der Waals surface area contributed by atoms with Gasteiger partial charge in [0.15, 0.2) is 0 Å². The third-order valence-corrected chi connectivity index (χ3v) is 4.13. The van der Waals surface area contributed by atoms with Gasteiger partial charge in [-0.2, -0.15) is 4.98 Å². The smallest absolute Gasteiger partial charge is 0.329 e. The van der Waals surface area contributed by atoms with Crippen molar-refractivity contribution in [3.05, 3.63) is 44.0 Å². The molecule has 0 atom stereocenters. The van der Waals surface area contributed by atoms with Gasteiger partial charge in [0, 0.05) is 10.9 Å². The lowest BCUT2D eigenvalue weighted by atomic mass is 10.3. The number of hydrogen-bond acceptors (Lipinski definition) is 6. The number of nitro groups is 1. The van der Waals surface area contributed by atoms with Crippen LogP contribution in [0.25, 0.3) is 0 Å². The fourth-order valence-electron chi connectivity index (χ4n) is 2.02. The van der Waals surface area contributed by atoms with Crippen molar-refractivity contribution in [3.63, 3.8) is 0 Å². The van der Waals surface area contributed by atoms with E-state index in [0.717, 1.165) is 17.7 Å². The monoisotopic (exact) mass is 310 g/mol. The highest BCUT2D eigenvalue weighted by Gasteiger charge is 2.34. The zero-order valence-corrected chi connectivity index (χ0v) is 12.0. The lowest BCUT2D eigenvalue weighted by Crippen LogP contribution is -2.26. The van der Waals surface area contributed by atoms with Crippen molar-refractivity contribution in [3.8, 4) is 0 Å². The molecule has 3 rings (SSSR count). The largest absolute Gasteiger partial charge is 0.343 e. The molecule has 0 bridgehead atoms. The second-order valence-corrected chi connectivity index (χ2v) is 5.91. The molecule has 0 amide bonds. The van der Waals surface area contributed by atoms with Gasteiger partial charge in [0.1, 0.15) is 6.20 Å². The van der Waals surface area contributed by atoms with Crippen molar-refractivity contribution in [2.75, 3.05) is 4.90 Å². The second kappa shape index (κ2) is 5.34. The van der Waals surface area contributed by atoms with E-state index in [9.17, 15) is 10.1 Å². The second-order valence-electron chi connectivity index (χ2n) is 4.54. The van der Waals surface area contributed by atoms with Gasteiger partial charge in [-0.25, -0.2) is 4.98 Å². The Balaban J connectivity index is 1.98. The Morgan fingerprint density at radius 2 is 2.35 bits per heavy atom. The lowest BCUT2D eigenvalue weighted by molar-refractivity contribution is -0.384. The van der Waals surface area contributed by atoms with Gasteiger partial charge in [0.05, 0.1) is 11.5 Å². The summed E-state index contributed by atoms with van der Waals surface area (Å²) in [5.41, 5.74) is -0.0992. The average Bonchev–Trinajstić information content (AvgIpc) is 3.12. The van der Waals surface area contributed by atoms with Gasteiger partial charge >= 0.3 is 5.69 Å². The van der Waals surface area contributed by atoms with Crippen LogP contribution in [-0.2, 0) is 6.54 Å². The van der Waals surface area contributed by atoms with Gasteiger partial charge in [0.2, 0.25) is 11.1 Å². The number of halogens is 1. The summed E-state index contributed by atoms with van der Waals surface area (Å²) in [4.78, 5) is 21.6. The Morgan fingerprint density at radius 1 is 1.55 bits per heavy atom. The van der Waals surface area contributed by atoms with Gasteiger partial charge in [-0.3, -0.25) is 10.1 Å². The number of rotatable bonds is 5. The van der Waals surface area contributed by atoms with Crippen LogP contribution in [0.1, 0.15) is 17.7 Å². The third-order valence-electron chi connectivity index (χ3n) is 3.08. The number of anilines is 1. The predicted molar refractivity (Wildman–Crippen MR) is 77.2 cm³/mol. The summed E-state index contributed by atoms with van der Waals surface area (Å²) in [7, 11) is 0. The normalized spacial score (nSPS) is 14.2. The van der Waals surface area contributed by atoms with Crippen molar-refractivity contribution in [2.24, 2.45) is 0 Å². The molecule has 2 aromatic rings. The maximum atomic E-state index is 11.1. The minimum absolute atomic E-state index is 0.0300. The molecule has 0 spiro atoms.